The highest BCUT2D eigenvalue weighted by Gasteiger charge is 2.07. The zero-order valence-corrected chi connectivity index (χ0v) is 9.90. The summed E-state index contributed by atoms with van der Waals surface area (Å²) in [6.45, 7) is 4.35. The lowest BCUT2D eigenvalue weighted by Crippen LogP contribution is -1.94. The van der Waals surface area contributed by atoms with E-state index in [0.717, 1.165) is 5.56 Å². The Bertz CT molecular complexity index is 508. The number of hydrogen-bond donors (Lipinski definition) is 0. The molecule has 2 nitrogen and oxygen atoms in total. The van der Waals surface area contributed by atoms with Gasteiger partial charge in [0.25, 0.3) is 0 Å². The van der Waals surface area contributed by atoms with E-state index in [2.05, 4.69) is 4.98 Å². The van der Waals surface area contributed by atoms with Crippen LogP contribution >= 0.6 is 0 Å². The molecule has 0 unspecified atom stereocenters. The second-order valence-corrected chi connectivity index (χ2v) is 3.80. The van der Waals surface area contributed by atoms with Crippen LogP contribution in [0.5, 0.6) is 5.75 Å². The molecule has 2 aromatic rings. The Morgan fingerprint density at radius 1 is 1.24 bits per heavy atom. The summed E-state index contributed by atoms with van der Waals surface area (Å²) in [5.41, 5.74) is 2.18. The predicted octanol–water partition coefficient (Wildman–Crippen LogP) is 3.59. The average Bonchev–Trinajstić information content (AvgIpc) is 2.31. The van der Waals surface area contributed by atoms with Gasteiger partial charge in [-0.3, -0.25) is 4.98 Å². The number of aromatic nitrogens is 1. The number of pyridine rings is 1. The van der Waals surface area contributed by atoms with Crippen molar-refractivity contribution in [1.29, 1.82) is 0 Å². The monoisotopic (exact) mass is 231 g/mol. The predicted molar refractivity (Wildman–Crippen MR) is 65.5 cm³/mol. The highest BCUT2D eigenvalue weighted by Crippen LogP contribution is 2.24. The van der Waals surface area contributed by atoms with Crippen LogP contribution in [0, 0.1) is 12.7 Å². The van der Waals surface area contributed by atoms with Gasteiger partial charge in [0.2, 0.25) is 0 Å². The van der Waals surface area contributed by atoms with Gasteiger partial charge in [0, 0.05) is 17.8 Å². The number of benzene rings is 1. The van der Waals surface area contributed by atoms with Gasteiger partial charge >= 0.3 is 0 Å². The molecule has 0 atom stereocenters. The fraction of sp³-hybridized carbons (Fsp3) is 0.214. The van der Waals surface area contributed by atoms with Crippen molar-refractivity contribution in [3.05, 3.63) is 47.9 Å². The molecule has 3 heteroatoms. The van der Waals surface area contributed by atoms with Gasteiger partial charge in [-0.05, 0) is 37.6 Å². The maximum atomic E-state index is 13.8. The van der Waals surface area contributed by atoms with Crippen molar-refractivity contribution < 1.29 is 9.13 Å². The number of ether oxygens (including phenoxy) is 1. The zero-order chi connectivity index (χ0) is 12.3. The lowest BCUT2D eigenvalue weighted by atomic mass is 10.1. The molecule has 1 aromatic heterocycles. The Morgan fingerprint density at radius 3 is 2.65 bits per heavy atom. The van der Waals surface area contributed by atoms with Gasteiger partial charge in [0.05, 0.1) is 12.3 Å². The molecule has 2 rings (SSSR count). The van der Waals surface area contributed by atoms with Crippen LogP contribution in [0.4, 0.5) is 4.39 Å². The van der Waals surface area contributed by atoms with Crippen LogP contribution in [0.15, 0.2) is 36.5 Å². The fourth-order valence-electron chi connectivity index (χ4n) is 1.59. The van der Waals surface area contributed by atoms with Crippen LogP contribution in [0.3, 0.4) is 0 Å². The summed E-state index contributed by atoms with van der Waals surface area (Å²) in [6, 6.07) is 8.56. The topological polar surface area (TPSA) is 22.1 Å². The molecule has 88 valence electrons. The van der Waals surface area contributed by atoms with E-state index in [1.54, 1.807) is 18.3 Å². The molecule has 0 N–H and O–H groups in total. The van der Waals surface area contributed by atoms with E-state index < -0.39 is 0 Å². The summed E-state index contributed by atoms with van der Waals surface area (Å²) in [5.74, 6) is 0.230. The van der Waals surface area contributed by atoms with Crippen molar-refractivity contribution in [3.8, 4) is 17.0 Å². The normalized spacial score (nSPS) is 10.3. The van der Waals surface area contributed by atoms with E-state index in [4.69, 9.17) is 4.74 Å². The molecule has 0 aliphatic rings. The third-order valence-corrected chi connectivity index (χ3v) is 2.44. The summed E-state index contributed by atoms with van der Waals surface area (Å²) < 4.78 is 19.1. The molecule has 0 amide bonds. The summed E-state index contributed by atoms with van der Waals surface area (Å²) >= 11 is 0. The number of rotatable bonds is 3. The minimum absolute atomic E-state index is 0.313. The van der Waals surface area contributed by atoms with Crippen LogP contribution in [0.1, 0.15) is 12.5 Å². The molecular formula is C14H14FNO. The Labute approximate surface area is 100 Å². The number of halogens is 1. The molecule has 1 aromatic carbocycles. The summed E-state index contributed by atoms with van der Waals surface area (Å²) in [5, 5.41) is 0. The van der Waals surface area contributed by atoms with E-state index in [9.17, 15) is 4.39 Å². The smallest absolute Gasteiger partial charge is 0.136 e. The summed E-state index contributed by atoms with van der Waals surface area (Å²) in [4.78, 5) is 4.20. The Kier molecular flexibility index (Phi) is 3.38. The van der Waals surface area contributed by atoms with E-state index >= 15 is 0 Å². The van der Waals surface area contributed by atoms with Crippen molar-refractivity contribution in [2.45, 2.75) is 13.8 Å². The molecule has 0 radical (unpaired) electrons. The van der Waals surface area contributed by atoms with Gasteiger partial charge in [-0.15, -0.1) is 0 Å². The first-order valence-electron chi connectivity index (χ1n) is 5.56. The molecule has 0 saturated carbocycles. The number of nitrogens with zero attached hydrogens (tertiary/aromatic N) is 1. The third-order valence-electron chi connectivity index (χ3n) is 2.44. The zero-order valence-electron chi connectivity index (χ0n) is 9.90. The quantitative estimate of drug-likeness (QED) is 0.805. The van der Waals surface area contributed by atoms with Gasteiger partial charge in [-0.25, -0.2) is 4.39 Å². The summed E-state index contributed by atoms with van der Waals surface area (Å²) in [7, 11) is 0. The molecule has 0 aliphatic carbocycles. The summed E-state index contributed by atoms with van der Waals surface area (Å²) in [6.07, 6.45) is 1.73. The average molecular weight is 231 g/mol. The van der Waals surface area contributed by atoms with Gasteiger partial charge in [0.15, 0.2) is 0 Å². The minimum Gasteiger partial charge on any atom is -0.494 e. The van der Waals surface area contributed by atoms with E-state index in [1.807, 2.05) is 26.0 Å². The SMILES string of the molecule is CCOc1ccc(-c2ccc(C)cn2)c(F)c1. The fourth-order valence-corrected chi connectivity index (χ4v) is 1.59. The second-order valence-electron chi connectivity index (χ2n) is 3.80. The number of aryl methyl sites for hydroxylation is 1. The van der Waals surface area contributed by atoms with Crippen LogP contribution < -0.4 is 4.74 Å². The number of hydrogen-bond acceptors (Lipinski definition) is 2. The van der Waals surface area contributed by atoms with Crippen molar-refractivity contribution in [2.24, 2.45) is 0 Å². The Balaban J connectivity index is 2.36. The molecule has 0 saturated heterocycles. The second kappa shape index (κ2) is 4.95. The molecular weight excluding hydrogens is 217 g/mol. The molecule has 17 heavy (non-hydrogen) atoms. The molecule has 0 spiro atoms. The lowest BCUT2D eigenvalue weighted by Gasteiger charge is -2.06. The molecule has 0 bridgehead atoms. The first kappa shape index (κ1) is 11.6. The van der Waals surface area contributed by atoms with Crippen LogP contribution in [0.2, 0.25) is 0 Å². The van der Waals surface area contributed by atoms with E-state index in [-0.39, 0.29) is 5.82 Å². The first-order chi connectivity index (χ1) is 8.20. The third kappa shape index (κ3) is 2.61. The van der Waals surface area contributed by atoms with Crippen LogP contribution in [0.25, 0.3) is 11.3 Å². The minimum atomic E-state index is -0.313. The van der Waals surface area contributed by atoms with Gasteiger partial charge < -0.3 is 4.74 Å². The molecule has 0 fully saturated rings. The highest BCUT2D eigenvalue weighted by molar-refractivity contribution is 5.61. The van der Waals surface area contributed by atoms with Crippen molar-refractivity contribution in [2.75, 3.05) is 6.61 Å². The Morgan fingerprint density at radius 2 is 2.06 bits per heavy atom. The van der Waals surface area contributed by atoms with Crippen molar-refractivity contribution in [3.63, 3.8) is 0 Å². The van der Waals surface area contributed by atoms with Gasteiger partial charge in [-0.2, -0.15) is 0 Å². The highest BCUT2D eigenvalue weighted by atomic mass is 19.1. The first-order valence-corrected chi connectivity index (χ1v) is 5.56. The molecule has 0 aliphatic heterocycles. The maximum absolute atomic E-state index is 13.8. The Hall–Kier alpha value is -1.90. The maximum Gasteiger partial charge on any atom is 0.136 e. The standard InChI is InChI=1S/C14H14FNO/c1-3-17-11-5-6-12(13(15)8-11)14-7-4-10(2)9-16-14/h4-9H,3H2,1-2H3. The van der Waals surface area contributed by atoms with Crippen LogP contribution in [-0.2, 0) is 0 Å². The van der Waals surface area contributed by atoms with Crippen molar-refractivity contribution in [1.82, 2.24) is 4.98 Å². The largest absolute Gasteiger partial charge is 0.494 e. The van der Waals surface area contributed by atoms with Gasteiger partial charge in [0.1, 0.15) is 11.6 Å². The lowest BCUT2D eigenvalue weighted by molar-refractivity contribution is 0.338. The molecule has 1 heterocycles. The van der Waals surface area contributed by atoms with Crippen molar-refractivity contribution >= 4 is 0 Å². The van der Waals surface area contributed by atoms with E-state index in [0.29, 0.717) is 23.6 Å². The van der Waals surface area contributed by atoms with Gasteiger partial charge in [-0.1, -0.05) is 6.07 Å². The van der Waals surface area contributed by atoms with Crippen LogP contribution in [-0.4, -0.2) is 11.6 Å². The van der Waals surface area contributed by atoms with E-state index in [1.165, 1.54) is 6.07 Å².